The summed E-state index contributed by atoms with van der Waals surface area (Å²) in [4.78, 5) is 11.8. The Balaban J connectivity index is 1.86. The van der Waals surface area contributed by atoms with Crippen LogP contribution in [0.25, 0.3) is 0 Å². The minimum atomic E-state index is 0.488. The highest BCUT2D eigenvalue weighted by atomic mass is 16.1. The van der Waals surface area contributed by atoms with E-state index in [1.54, 1.807) is 0 Å². The number of fused-ring (bicyclic) bond motifs is 1. The topological polar surface area (TPSA) is 17.1 Å². The van der Waals surface area contributed by atoms with Crippen molar-refractivity contribution in [3.63, 3.8) is 0 Å². The van der Waals surface area contributed by atoms with Gasteiger partial charge in [-0.25, -0.2) is 0 Å². The number of carbonyl (C=O) groups is 1. The van der Waals surface area contributed by atoms with Crippen molar-refractivity contribution in [3.05, 3.63) is 0 Å². The molecule has 0 saturated heterocycles. The molecule has 5 aliphatic carbocycles. The first-order chi connectivity index (χ1) is 6.08. The summed E-state index contributed by atoms with van der Waals surface area (Å²) in [6, 6.07) is 0. The highest BCUT2D eigenvalue weighted by Gasteiger charge is 2.84. The van der Waals surface area contributed by atoms with Gasteiger partial charge in [-0.05, 0) is 41.4 Å². The van der Waals surface area contributed by atoms with Crippen molar-refractivity contribution in [1.29, 1.82) is 0 Å². The lowest BCUT2D eigenvalue weighted by Gasteiger charge is -2.31. The van der Waals surface area contributed by atoms with Gasteiger partial charge in [0.1, 0.15) is 5.78 Å². The van der Waals surface area contributed by atoms with Crippen molar-refractivity contribution >= 4 is 5.78 Å². The predicted octanol–water partition coefficient (Wildman–Crippen LogP) is 2.26. The molecule has 1 heteroatoms. The summed E-state index contributed by atoms with van der Waals surface area (Å²) in [6.45, 7) is 4.74. The number of rotatable bonds is 0. The molecule has 0 amide bonds. The number of Topliss-reactive ketones (excluding diaryl/α,β-unsaturated/α-hetero) is 1. The third kappa shape index (κ3) is 0.501. The lowest BCUT2D eigenvalue weighted by molar-refractivity contribution is -0.129. The van der Waals surface area contributed by atoms with E-state index in [1.807, 2.05) is 0 Å². The van der Waals surface area contributed by atoms with Gasteiger partial charge in [0.25, 0.3) is 0 Å². The smallest absolute Gasteiger partial charge is 0.136 e. The average molecular weight is 176 g/mol. The van der Waals surface area contributed by atoms with Crippen molar-refractivity contribution < 1.29 is 4.79 Å². The van der Waals surface area contributed by atoms with E-state index in [-0.39, 0.29) is 0 Å². The van der Waals surface area contributed by atoms with Crippen molar-refractivity contribution in [2.24, 2.45) is 34.5 Å². The van der Waals surface area contributed by atoms with Crippen LogP contribution in [0.1, 0.15) is 33.1 Å². The maximum Gasteiger partial charge on any atom is 0.136 e. The van der Waals surface area contributed by atoms with Crippen LogP contribution in [0, 0.1) is 34.5 Å². The van der Waals surface area contributed by atoms with E-state index in [2.05, 4.69) is 13.8 Å². The van der Waals surface area contributed by atoms with Crippen LogP contribution >= 0.6 is 0 Å². The molecule has 5 aliphatic rings. The van der Waals surface area contributed by atoms with E-state index in [9.17, 15) is 4.79 Å². The predicted molar refractivity (Wildman–Crippen MR) is 49.0 cm³/mol. The summed E-state index contributed by atoms with van der Waals surface area (Å²) in [5, 5.41) is 0. The van der Waals surface area contributed by atoms with Gasteiger partial charge >= 0.3 is 0 Å². The van der Waals surface area contributed by atoms with E-state index in [1.165, 1.54) is 12.8 Å². The van der Waals surface area contributed by atoms with Gasteiger partial charge in [-0.2, -0.15) is 0 Å². The van der Waals surface area contributed by atoms with Gasteiger partial charge in [0.15, 0.2) is 0 Å². The average Bonchev–Trinajstić information content (AvgIpc) is 2.78. The zero-order chi connectivity index (χ0) is 9.01. The molecule has 0 aliphatic heterocycles. The number of carbonyl (C=O) groups excluding carboxylic acids is 1. The molecule has 0 heterocycles. The van der Waals surface area contributed by atoms with Crippen LogP contribution in [0.3, 0.4) is 0 Å². The van der Waals surface area contributed by atoms with Gasteiger partial charge in [0.2, 0.25) is 0 Å². The highest BCUT2D eigenvalue weighted by Crippen LogP contribution is 2.87. The molecule has 5 fully saturated rings. The molecule has 2 unspecified atom stereocenters. The summed E-state index contributed by atoms with van der Waals surface area (Å²) >= 11 is 0. The van der Waals surface area contributed by atoms with E-state index in [0.717, 1.165) is 24.2 Å². The molecule has 0 N–H and O–H groups in total. The molecule has 0 aromatic carbocycles. The van der Waals surface area contributed by atoms with Gasteiger partial charge in [0.05, 0.1) is 0 Å². The third-order valence-corrected chi connectivity index (χ3v) is 5.75. The standard InChI is InChI=1S/C12H16O/c1-11(2)5-12(11)8-3-6-7(10(6)12)4-9(8)13/h6-8,10H,3-5H2,1-2H3/t6?,7?,8-,10+,12+/m1/s1. The minimum absolute atomic E-state index is 0.488. The Labute approximate surface area is 78.9 Å². The summed E-state index contributed by atoms with van der Waals surface area (Å²) in [7, 11) is 0. The molecule has 70 valence electrons. The molecule has 13 heavy (non-hydrogen) atoms. The molecule has 0 radical (unpaired) electrons. The summed E-state index contributed by atoms with van der Waals surface area (Å²) in [6.07, 6.45) is 3.55. The molecule has 5 rings (SSSR count). The lowest BCUT2D eigenvalue weighted by Crippen LogP contribution is -2.33. The van der Waals surface area contributed by atoms with E-state index >= 15 is 0 Å². The quantitative estimate of drug-likeness (QED) is 0.553. The first-order valence-corrected chi connectivity index (χ1v) is 5.61. The number of hydrogen-bond acceptors (Lipinski definition) is 1. The van der Waals surface area contributed by atoms with Crippen LogP contribution in [-0.4, -0.2) is 5.78 Å². The minimum Gasteiger partial charge on any atom is -0.299 e. The Morgan fingerprint density at radius 3 is 2.46 bits per heavy atom. The monoisotopic (exact) mass is 176 g/mol. The largest absolute Gasteiger partial charge is 0.299 e. The molecule has 1 nitrogen and oxygen atoms in total. The molecule has 1 spiro atoms. The van der Waals surface area contributed by atoms with Crippen LogP contribution in [-0.2, 0) is 4.79 Å². The lowest BCUT2D eigenvalue weighted by atomic mass is 9.71. The molecule has 4 bridgehead atoms. The van der Waals surface area contributed by atoms with Crippen molar-refractivity contribution in [2.45, 2.75) is 33.1 Å². The maximum atomic E-state index is 11.8. The van der Waals surface area contributed by atoms with Gasteiger partial charge in [-0.3, -0.25) is 4.79 Å². The normalized spacial score (nSPS) is 64.3. The first kappa shape index (κ1) is 7.03. The SMILES string of the molecule is CC1(C)C[C@]12[C@@H]1C3CC(=O)[C@H]2CC31. The van der Waals surface area contributed by atoms with Crippen LogP contribution in [0.15, 0.2) is 0 Å². The summed E-state index contributed by atoms with van der Waals surface area (Å²) < 4.78 is 0. The fraction of sp³-hybridized carbons (Fsp3) is 0.917. The molecular weight excluding hydrogens is 160 g/mol. The van der Waals surface area contributed by atoms with Crippen LogP contribution < -0.4 is 0 Å². The second kappa shape index (κ2) is 1.51. The fourth-order valence-electron chi connectivity index (χ4n) is 5.17. The molecule has 5 atom stereocenters. The Bertz CT molecular complexity index is 330. The molecular formula is C12H16O. The Morgan fingerprint density at radius 1 is 1.31 bits per heavy atom. The van der Waals surface area contributed by atoms with E-state index in [0.29, 0.717) is 22.5 Å². The van der Waals surface area contributed by atoms with Gasteiger partial charge in [-0.15, -0.1) is 0 Å². The van der Waals surface area contributed by atoms with Crippen molar-refractivity contribution in [1.82, 2.24) is 0 Å². The van der Waals surface area contributed by atoms with Crippen molar-refractivity contribution in [2.75, 3.05) is 0 Å². The number of hydrogen-bond donors (Lipinski definition) is 0. The van der Waals surface area contributed by atoms with Crippen molar-refractivity contribution in [3.8, 4) is 0 Å². The second-order valence-electron chi connectivity index (χ2n) is 6.41. The zero-order valence-corrected chi connectivity index (χ0v) is 8.34. The van der Waals surface area contributed by atoms with Gasteiger partial charge in [-0.1, -0.05) is 13.8 Å². The van der Waals surface area contributed by atoms with Crippen LogP contribution in [0.2, 0.25) is 0 Å². The summed E-state index contributed by atoms with van der Waals surface area (Å²) in [5.41, 5.74) is 1.01. The van der Waals surface area contributed by atoms with Gasteiger partial charge in [0, 0.05) is 12.3 Å². The maximum absolute atomic E-state index is 11.8. The highest BCUT2D eigenvalue weighted by molar-refractivity contribution is 5.86. The fourth-order valence-corrected chi connectivity index (χ4v) is 5.17. The summed E-state index contributed by atoms with van der Waals surface area (Å²) in [5.74, 6) is 3.89. The number of ketones is 1. The molecule has 5 saturated carbocycles. The third-order valence-electron chi connectivity index (χ3n) is 5.75. The zero-order valence-electron chi connectivity index (χ0n) is 8.34. The molecule has 0 aromatic heterocycles. The van der Waals surface area contributed by atoms with Gasteiger partial charge < -0.3 is 0 Å². The van der Waals surface area contributed by atoms with E-state index < -0.39 is 0 Å². The Kier molecular flexibility index (Phi) is 0.816. The molecule has 0 aromatic rings. The first-order valence-electron chi connectivity index (χ1n) is 5.61. The van der Waals surface area contributed by atoms with E-state index in [4.69, 9.17) is 0 Å². The Morgan fingerprint density at radius 2 is 2.00 bits per heavy atom. The van der Waals surface area contributed by atoms with Crippen LogP contribution in [0.4, 0.5) is 0 Å². The second-order valence-corrected chi connectivity index (χ2v) is 6.41. The van der Waals surface area contributed by atoms with Crippen LogP contribution in [0.5, 0.6) is 0 Å². The Hall–Kier alpha value is -0.330.